The molecule has 0 fully saturated rings. The van der Waals surface area contributed by atoms with Crippen molar-refractivity contribution >= 4 is 24.4 Å². The summed E-state index contributed by atoms with van der Waals surface area (Å²) in [5.41, 5.74) is 0. The second kappa shape index (κ2) is 3.90. The van der Waals surface area contributed by atoms with Crippen LogP contribution in [0.1, 0.15) is 20.3 Å². The van der Waals surface area contributed by atoms with E-state index in [0.717, 1.165) is 6.42 Å². The topological polar surface area (TPSA) is 53.1 Å². The summed E-state index contributed by atoms with van der Waals surface area (Å²) < 4.78 is 4.85. The molecule has 0 saturated carbocycles. The van der Waals surface area contributed by atoms with E-state index in [-0.39, 0.29) is 17.9 Å². The monoisotopic (exact) mass is 167 g/mol. The Morgan fingerprint density at radius 3 is 2.67 bits per heavy atom. The summed E-state index contributed by atoms with van der Waals surface area (Å²) in [5, 5.41) is 0. The number of aliphatic imine (C=N–C) groups is 2. The number of carbonyl (C=O) groups is 1. The predicted molar refractivity (Wildman–Crippen MR) is 46.8 cm³/mol. The summed E-state index contributed by atoms with van der Waals surface area (Å²) in [5.74, 6) is -0.368. The van der Waals surface area contributed by atoms with E-state index in [1.54, 1.807) is 0 Å². The van der Waals surface area contributed by atoms with E-state index in [9.17, 15) is 4.79 Å². The molecule has 2 amide bonds. The molecule has 0 radical (unpaired) electrons. The van der Waals surface area contributed by atoms with E-state index >= 15 is 0 Å². The number of hydrogen-bond donors (Lipinski definition) is 0. The molecule has 0 aromatic carbocycles. The summed E-state index contributed by atoms with van der Waals surface area (Å²) in [6.45, 7) is 3.74. The number of carbonyl (C=O) groups excluding carboxylic acids is 2. The largest absolute Gasteiger partial charge is 0.585 e. The highest BCUT2D eigenvalue weighted by Gasteiger charge is 2.24. The lowest BCUT2D eigenvalue weighted by atomic mass is 10.1. The second-order valence-corrected chi connectivity index (χ2v) is 2.57. The first kappa shape index (κ1) is 8.77. The average molecular weight is 167 g/mol. The summed E-state index contributed by atoms with van der Waals surface area (Å²) >= 11 is 0. The molecule has 0 N–H and O–H groups in total. The Bertz CT molecular complexity index is 252. The molecule has 4 heteroatoms. The van der Waals surface area contributed by atoms with Crippen molar-refractivity contribution in [2.45, 2.75) is 20.3 Å². The van der Waals surface area contributed by atoms with Gasteiger partial charge >= 0.3 is 12.0 Å². The zero-order valence-corrected chi connectivity index (χ0v) is 7.15. The van der Waals surface area contributed by atoms with Gasteiger partial charge in [-0.1, -0.05) is 6.92 Å². The number of urea groups is 1. The second-order valence-electron chi connectivity index (χ2n) is 2.57. The van der Waals surface area contributed by atoms with Crippen molar-refractivity contribution in [3.8, 4) is 0 Å². The number of amides is 2. The minimum atomic E-state index is -0.274. The Balaban J connectivity index is 2.61. The van der Waals surface area contributed by atoms with Crippen LogP contribution in [0.4, 0.5) is 4.42 Å². The van der Waals surface area contributed by atoms with Crippen molar-refractivity contribution in [2.24, 2.45) is 15.9 Å². The van der Waals surface area contributed by atoms with E-state index in [0.29, 0.717) is 0 Å². The van der Waals surface area contributed by atoms with Gasteiger partial charge in [0.1, 0.15) is 5.92 Å². The van der Waals surface area contributed by atoms with Gasteiger partial charge in [0, 0.05) is 4.79 Å². The lowest BCUT2D eigenvalue weighted by Crippen LogP contribution is -2.05. The molecule has 0 aromatic rings. The van der Waals surface area contributed by atoms with Crippen LogP contribution in [-0.2, 0) is 4.79 Å². The molecule has 12 heavy (non-hydrogen) atoms. The molecule has 0 spiro atoms. The molecule has 0 saturated heterocycles. The normalized spacial score (nSPS) is 16.7. The van der Waals surface area contributed by atoms with E-state index in [2.05, 4.69) is 9.98 Å². The molecule has 1 atom stereocenters. The van der Waals surface area contributed by atoms with Gasteiger partial charge in [-0.2, -0.15) is 9.98 Å². The fourth-order valence-electron chi connectivity index (χ4n) is 0.637. The van der Waals surface area contributed by atoms with Crippen molar-refractivity contribution in [2.75, 3.05) is 0 Å². The van der Waals surface area contributed by atoms with Crippen LogP contribution in [0.15, 0.2) is 9.98 Å². The van der Waals surface area contributed by atoms with Gasteiger partial charge in [0.15, 0.2) is 0 Å². The standard InChI is InChI=1S/C8H11N2O2/c1-3-6(2)7(11)12-8-9-4-5-10-8/h4-6H,3H2,1-2H3/q+1. The highest BCUT2D eigenvalue weighted by molar-refractivity contribution is 6.25. The van der Waals surface area contributed by atoms with Crippen LogP contribution in [0.3, 0.4) is 0 Å². The maximum Gasteiger partial charge on any atom is 0.585 e. The van der Waals surface area contributed by atoms with Crippen LogP contribution >= 0.6 is 0 Å². The summed E-state index contributed by atoms with van der Waals surface area (Å²) in [7, 11) is 0. The van der Waals surface area contributed by atoms with Gasteiger partial charge in [0.05, 0.1) is 12.4 Å². The van der Waals surface area contributed by atoms with Gasteiger partial charge in [0.2, 0.25) is 0 Å². The van der Waals surface area contributed by atoms with E-state index < -0.39 is 0 Å². The van der Waals surface area contributed by atoms with Crippen molar-refractivity contribution in [3.63, 3.8) is 0 Å². The van der Waals surface area contributed by atoms with Crippen LogP contribution < -0.4 is 0 Å². The minimum absolute atomic E-state index is 0.0940. The fraction of sp³-hybridized carbons (Fsp3) is 0.500. The molecular formula is C8H11N2O2+. The molecule has 0 bridgehead atoms. The van der Waals surface area contributed by atoms with Gasteiger partial charge in [-0.3, -0.25) is 0 Å². The maximum atomic E-state index is 11.1. The molecule has 1 heterocycles. The van der Waals surface area contributed by atoms with Crippen molar-refractivity contribution in [3.05, 3.63) is 0 Å². The van der Waals surface area contributed by atoms with Crippen molar-refractivity contribution in [1.82, 2.24) is 0 Å². The molecule has 1 aliphatic heterocycles. The van der Waals surface area contributed by atoms with Crippen LogP contribution in [0.25, 0.3) is 0 Å². The Morgan fingerprint density at radius 1 is 1.58 bits per heavy atom. The van der Waals surface area contributed by atoms with Crippen LogP contribution in [0.2, 0.25) is 0 Å². The molecular weight excluding hydrogens is 156 g/mol. The minimum Gasteiger partial charge on any atom is -0.231 e. The molecule has 1 rings (SSSR count). The highest BCUT2D eigenvalue weighted by atomic mass is 16.5. The molecule has 0 aromatic heterocycles. The first-order valence-corrected chi connectivity index (χ1v) is 3.89. The summed E-state index contributed by atoms with van der Waals surface area (Å²) in [6, 6.07) is 0.139. The van der Waals surface area contributed by atoms with E-state index in [4.69, 9.17) is 4.42 Å². The maximum absolute atomic E-state index is 11.1. The third kappa shape index (κ3) is 2.08. The average Bonchev–Trinajstić information content (AvgIpc) is 2.55. The molecule has 1 aliphatic rings. The van der Waals surface area contributed by atoms with Crippen LogP contribution in [0, 0.1) is 5.92 Å². The third-order valence-corrected chi connectivity index (χ3v) is 1.64. The van der Waals surface area contributed by atoms with Gasteiger partial charge < -0.3 is 0 Å². The third-order valence-electron chi connectivity index (χ3n) is 1.64. The zero-order chi connectivity index (χ0) is 8.97. The zero-order valence-electron chi connectivity index (χ0n) is 7.15. The Labute approximate surface area is 70.7 Å². The van der Waals surface area contributed by atoms with E-state index in [1.165, 1.54) is 12.4 Å². The predicted octanol–water partition coefficient (Wildman–Crippen LogP) is 1.37. The van der Waals surface area contributed by atoms with E-state index in [1.807, 2.05) is 13.8 Å². The number of nitrogens with zero attached hydrogens (tertiary/aromatic N) is 2. The van der Waals surface area contributed by atoms with Gasteiger partial charge in [0.25, 0.3) is 0 Å². The molecule has 0 aliphatic carbocycles. The van der Waals surface area contributed by atoms with Gasteiger partial charge in [-0.05, 0) is 13.3 Å². The lowest BCUT2D eigenvalue weighted by molar-refractivity contribution is -0.196. The SMILES string of the molecule is CCC(C)C(=O)[O+]=C1N=CC=N1. The quantitative estimate of drug-likeness (QED) is 0.573. The summed E-state index contributed by atoms with van der Waals surface area (Å²) in [6.07, 6.45) is 3.73. The molecule has 4 nitrogen and oxygen atoms in total. The fourth-order valence-corrected chi connectivity index (χ4v) is 0.637. The van der Waals surface area contributed by atoms with Crippen molar-refractivity contribution < 1.29 is 9.22 Å². The molecule has 1 unspecified atom stereocenters. The first-order chi connectivity index (χ1) is 5.74. The summed E-state index contributed by atoms with van der Waals surface area (Å²) in [4.78, 5) is 18.6. The van der Waals surface area contributed by atoms with Gasteiger partial charge in [-0.15, -0.1) is 0 Å². The van der Waals surface area contributed by atoms with Crippen LogP contribution in [-0.4, -0.2) is 24.4 Å². The smallest absolute Gasteiger partial charge is 0.231 e. The Hall–Kier alpha value is -1.32. The van der Waals surface area contributed by atoms with Gasteiger partial charge in [-0.25, -0.2) is 4.42 Å². The highest BCUT2D eigenvalue weighted by Crippen LogP contribution is 2.07. The Morgan fingerprint density at radius 2 is 2.17 bits per heavy atom. The van der Waals surface area contributed by atoms with Crippen LogP contribution in [0.5, 0.6) is 0 Å². The lowest BCUT2D eigenvalue weighted by Gasteiger charge is -1.90. The Kier molecular flexibility index (Phi) is 2.85. The molecule has 64 valence electrons. The number of rotatable bonds is 2. The number of hydrogen-bond acceptors (Lipinski definition) is 1. The first-order valence-electron chi connectivity index (χ1n) is 3.89. The van der Waals surface area contributed by atoms with Crippen molar-refractivity contribution in [1.29, 1.82) is 0 Å².